The molecule has 146 valence electrons. The summed E-state index contributed by atoms with van der Waals surface area (Å²) in [5.41, 5.74) is 0.835. The Morgan fingerprint density at radius 3 is 2.64 bits per heavy atom. The van der Waals surface area contributed by atoms with E-state index in [4.69, 9.17) is 11.6 Å². The summed E-state index contributed by atoms with van der Waals surface area (Å²) < 4.78 is 22.7. The third-order valence-corrected chi connectivity index (χ3v) is 6.35. The number of rotatable bonds is 5. The quantitative estimate of drug-likeness (QED) is 0.708. The average molecular weight is 439 g/mol. The van der Waals surface area contributed by atoms with Crippen LogP contribution in [0.4, 0.5) is 4.79 Å². The number of hydrogen-bond acceptors (Lipinski definition) is 6. The van der Waals surface area contributed by atoms with Gasteiger partial charge in [0.15, 0.2) is 9.84 Å². The highest BCUT2D eigenvalue weighted by atomic mass is 35.5. The highest BCUT2D eigenvalue weighted by molar-refractivity contribution is 8.18. The topological polar surface area (TPSA) is 101 Å². The smallest absolute Gasteiger partial charge is 0.294 e. The first-order chi connectivity index (χ1) is 13.2. The van der Waals surface area contributed by atoms with Gasteiger partial charge in [0.25, 0.3) is 11.1 Å². The molecule has 2 heterocycles. The molecule has 10 heteroatoms. The lowest BCUT2D eigenvalue weighted by atomic mass is 10.2. The van der Waals surface area contributed by atoms with E-state index in [0.717, 1.165) is 15.9 Å². The second kappa shape index (κ2) is 8.34. The van der Waals surface area contributed by atoms with Crippen molar-refractivity contribution in [3.05, 3.63) is 63.4 Å². The Hall–Kier alpha value is -2.36. The molecule has 1 N–H and O–H groups in total. The Balaban J connectivity index is 1.64. The number of nitrogens with zero attached hydrogens (tertiary/aromatic N) is 1. The van der Waals surface area contributed by atoms with Crippen molar-refractivity contribution in [2.75, 3.05) is 12.3 Å². The van der Waals surface area contributed by atoms with Crippen LogP contribution >= 0.6 is 23.4 Å². The predicted octanol–water partition coefficient (Wildman–Crippen LogP) is 2.27. The van der Waals surface area contributed by atoms with Gasteiger partial charge in [-0.05, 0) is 35.6 Å². The Labute approximate surface area is 171 Å². The van der Waals surface area contributed by atoms with Gasteiger partial charge in [-0.1, -0.05) is 41.9 Å². The van der Waals surface area contributed by atoms with E-state index in [-0.39, 0.29) is 15.7 Å². The number of carbonyl (C=O) groups is 3. The summed E-state index contributed by atoms with van der Waals surface area (Å²) in [6, 6.07) is 8.54. The van der Waals surface area contributed by atoms with Gasteiger partial charge >= 0.3 is 0 Å². The van der Waals surface area contributed by atoms with Crippen LogP contribution in [0.2, 0.25) is 0 Å². The van der Waals surface area contributed by atoms with E-state index in [1.54, 1.807) is 6.08 Å². The van der Waals surface area contributed by atoms with Crippen LogP contribution in [-0.4, -0.2) is 48.7 Å². The largest absolute Gasteiger partial charge is 0.347 e. The zero-order valence-corrected chi connectivity index (χ0v) is 16.8. The normalized spacial score (nSPS) is 22.9. The van der Waals surface area contributed by atoms with Gasteiger partial charge in [0.05, 0.1) is 16.7 Å². The summed E-state index contributed by atoms with van der Waals surface area (Å²) in [7, 11) is -3.31. The van der Waals surface area contributed by atoms with Crippen molar-refractivity contribution in [2.45, 2.75) is 6.04 Å². The van der Waals surface area contributed by atoms with Gasteiger partial charge in [-0.3, -0.25) is 19.3 Å². The van der Waals surface area contributed by atoms with Gasteiger partial charge in [-0.25, -0.2) is 8.42 Å². The molecule has 28 heavy (non-hydrogen) atoms. The van der Waals surface area contributed by atoms with Crippen LogP contribution in [0, 0.1) is 0 Å². The summed E-state index contributed by atoms with van der Waals surface area (Å²) in [5, 5.41) is 3.18. The predicted molar refractivity (Wildman–Crippen MR) is 108 cm³/mol. The summed E-state index contributed by atoms with van der Waals surface area (Å²) in [6.45, 7) is -0.494. The van der Waals surface area contributed by atoms with Gasteiger partial charge in [0.2, 0.25) is 5.91 Å². The van der Waals surface area contributed by atoms with E-state index >= 15 is 0 Å². The lowest BCUT2D eigenvalue weighted by Gasteiger charge is -2.14. The van der Waals surface area contributed by atoms with E-state index in [1.807, 2.05) is 30.3 Å². The average Bonchev–Trinajstić information content (AvgIpc) is 3.09. The number of halogens is 1. The molecule has 3 amide bonds. The maximum Gasteiger partial charge on any atom is 0.294 e. The third-order valence-electron chi connectivity index (χ3n) is 3.82. The van der Waals surface area contributed by atoms with Crippen molar-refractivity contribution in [1.29, 1.82) is 0 Å². The van der Waals surface area contributed by atoms with Gasteiger partial charge in [-0.2, -0.15) is 0 Å². The number of carbonyl (C=O) groups excluding carboxylic acids is 3. The van der Waals surface area contributed by atoms with Crippen LogP contribution < -0.4 is 5.32 Å². The first-order valence-electron chi connectivity index (χ1n) is 8.11. The molecule has 3 rings (SSSR count). The zero-order valence-electron chi connectivity index (χ0n) is 14.4. The molecule has 1 atom stereocenters. The van der Waals surface area contributed by atoms with Gasteiger partial charge in [0, 0.05) is 10.4 Å². The molecule has 0 unspecified atom stereocenters. The van der Waals surface area contributed by atoms with E-state index in [1.165, 1.54) is 12.2 Å². The van der Waals surface area contributed by atoms with Crippen LogP contribution in [0.15, 0.2) is 57.8 Å². The molecule has 0 radical (unpaired) electrons. The number of benzene rings is 1. The minimum Gasteiger partial charge on any atom is -0.347 e. The standard InChI is InChI=1S/C18H15ClN2O5S2/c19-13(8-12-4-2-1-3-5-12)9-15-17(23)21(18(24)27-15)10-16(22)20-14-6-7-28(25,26)11-14/h1-9,14H,10-11H2,(H,20,22)/b13-8-,15-9+/t14-/m1/s1. The van der Waals surface area contributed by atoms with Crippen LogP contribution in [-0.2, 0) is 19.4 Å². The highest BCUT2D eigenvalue weighted by Gasteiger charge is 2.37. The molecule has 0 aliphatic carbocycles. The molecule has 1 fully saturated rings. The van der Waals surface area contributed by atoms with Crippen molar-refractivity contribution in [3.63, 3.8) is 0 Å². The van der Waals surface area contributed by atoms with Crippen molar-refractivity contribution < 1.29 is 22.8 Å². The first kappa shape index (κ1) is 20.4. The van der Waals surface area contributed by atoms with Gasteiger partial charge in [-0.15, -0.1) is 0 Å². The van der Waals surface area contributed by atoms with Crippen LogP contribution in [0.3, 0.4) is 0 Å². The van der Waals surface area contributed by atoms with Crippen molar-refractivity contribution in [3.8, 4) is 0 Å². The van der Waals surface area contributed by atoms with Crippen molar-refractivity contribution in [1.82, 2.24) is 10.2 Å². The van der Waals surface area contributed by atoms with E-state index in [9.17, 15) is 22.8 Å². The molecule has 7 nitrogen and oxygen atoms in total. The van der Waals surface area contributed by atoms with E-state index in [0.29, 0.717) is 11.8 Å². The van der Waals surface area contributed by atoms with Gasteiger partial charge in [0.1, 0.15) is 6.54 Å². The molecular weight excluding hydrogens is 424 g/mol. The number of nitrogens with one attached hydrogen (secondary N) is 1. The Morgan fingerprint density at radius 1 is 1.29 bits per heavy atom. The molecule has 1 aromatic carbocycles. The molecule has 0 aromatic heterocycles. The van der Waals surface area contributed by atoms with Crippen LogP contribution in [0.5, 0.6) is 0 Å². The summed E-state index contributed by atoms with van der Waals surface area (Å²) >= 11 is 6.84. The number of imide groups is 1. The Kier molecular flexibility index (Phi) is 6.07. The fraction of sp³-hybridized carbons (Fsp3) is 0.167. The molecule has 1 aromatic rings. The molecule has 0 bridgehead atoms. The Bertz CT molecular complexity index is 1020. The molecule has 1 saturated heterocycles. The summed E-state index contributed by atoms with van der Waals surface area (Å²) in [5.74, 6) is -1.49. The van der Waals surface area contributed by atoms with Crippen molar-refractivity contribution in [2.24, 2.45) is 0 Å². The second-order valence-corrected chi connectivity index (χ2v) is 9.40. The van der Waals surface area contributed by atoms with E-state index in [2.05, 4.69) is 5.32 Å². The molecular formula is C18H15ClN2O5S2. The first-order valence-corrected chi connectivity index (χ1v) is 11.0. The molecule has 2 aliphatic rings. The maximum atomic E-state index is 12.4. The number of sulfone groups is 1. The minimum absolute atomic E-state index is 0.110. The third kappa shape index (κ3) is 5.12. The lowest BCUT2D eigenvalue weighted by Crippen LogP contribution is -2.43. The lowest BCUT2D eigenvalue weighted by molar-refractivity contribution is -0.129. The van der Waals surface area contributed by atoms with Gasteiger partial charge < -0.3 is 5.32 Å². The number of thioether (sulfide) groups is 1. The molecule has 2 aliphatic heterocycles. The Morgan fingerprint density at radius 2 is 2.00 bits per heavy atom. The number of amides is 3. The van der Waals surface area contributed by atoms with Crippen LogP contribution in [0.25, 0.3) is 6.08 Å². The zero-order chi connectivity index (χ0) is 20.3. The minimum atomic E-state index is -3.31. The molecule has 0 saturated carbocycles. The van der Waals surface area contributed by atoms with Crippen LogP contribution in [0.1, 0.15) is 5.56 Å². The van der Waals surface area contributed by atoms with E-state index < -0.39 is 39.5 Å². The summed E-state index contributed by atoms with van der Waals surface area (Å²) in [4.78, 5) is 37.5. The number of hydrogen-bond donors (Lipinski definition) is 1. The molecule has 0 spiro atoms. The highest BCUT2D eigenvalue weighted by Crippen LogP contribution is 2.32. The second-order valence-electron chi connectivity index (χ2n) is 6.04. The fourth-order valence-electron chi connectivity index (χ4n) is 2.57. The number of allylic oxidation sites excluding steroid dienone is 2. The fourth-order valence-corrected chi connectivity index (χ4v) is 4.94. The summed E-state index contributed by atoms with van der Waals surface area (Å²) in [6.07, 6.45) is 4.38. The van der Waals surface area contributed by atoms with Crippen molar-refractivity contribution >= 4 is 56.3 Å². The monoisotopic (exact) mass is 438 g/mol. The SMILES string of the molecule is O=C(CN1C(=O)S/C(=C/C(Cl)=C/c2ccccc2)C1=O)N[C@@H]1C=CS(=O)(=O)C1. The maximum absolute atomic E-state index is 12.4.